The van der Waals surface area contributed by atoms with Gasteiger partial charge in [0, 0.05) is 30.9 Å². The Hall–Kier alpha value is -2.22. The lowest BCUT2D eigenvalue weighted by Gasteiger charge is -2.13. The molecule has 3 aromatic rings. The first-order chi connectivity index (χ1) is 13.0. The molecule has 0 atom stereocenters. The highest BCUT2D eigenvalue weighted by Gasteiger charge is 2.14. The number of benzene rings is 2. The smallest absolute Gasteiger partial charge is 0.258 e. The molecule has 142 valence electrons. The summed E-state index contributed by atoms with van der Waals surface area (Å²) >= 11 is 3.52. The van der Waals surface area contributed by atoms with Crippen LogP contribution in [0.2, 0.25) is 0 Å². The number of aromatic nitrogens is 2. The van der Waals surface area contributed by atoms with E-state index in [9.17, 15) is 0 Å². The van der Waals surface area contributed by atoms with E-state index in [1.807, 2.05) is 56.3 Å². The van der Waals surface area contributed by atoms with Gasteiger partial charge in [-0.05, 0) is 60.1 Å². The van der Waals surface area contributed by atoms with Crippen molar-refractivity contribution in [3.63, 3.8) is 0 Å². The van der Waals surface area contributed by atoms with Crippen molar-refractivity contribution in [2.45, 2.75) is 26.2 Å². The molecule has 3 rings (SSSR count). The first kappa shape index (κ1) is 19.5. The van der Waals surface area contributed by atoms with Crippen molar-refractivity contribution in [3.8, 4) is 28.6 Å². The molecule has 0 aliphatic rings. The lowest BCUT2D eigenvalue weighted by Crippen LogP contribution is -2.05. The number of nitrogens with zero attached hydrogens (tertiary/aromatic N) is 2. The third-order valence-electron chi connectivity index (χ3n) is 3.84. The Morgan fingerprint density at radius 1 is 0.963 bits per heavy atom. The second-order valence-electron chi connectivity index (χ2n) is 6.16. The van der Waals surface area contributed by atoms with Gasteiger partial charge < -0.3 is 18.7 Å². The Labute approximate surface area is 166 Å². The van der Waals surface area contributed by atoms with Crippen molar-refractivity contribution in [1.82, 2.24) is 10.1 Å². The molecule has 0 spiro atoms. The molecule has 27 heavy (non-hydrogen) atoms. The van der Waals surface area contributed by atoms with Gasteiger partial charge in [-0.1, -0.05) is 17.3 Å². The van der Waals surface area contributed by atoms with Crippen molar-refractivity contribution in [1.29, 1.82) is 0 Å². The number of hydrogen-bond acceptors (Lipinski definition) is 6. The third kappa shape index (κ3) is 4.55. The summed E-state index contributed by atoms with van der Waals surface area (Å²) in [4.78, 5) is 4.50. The van der Waals surface area contributed by atoms with Crippen molar-refractivity contribution in [2.24, 2.45) is 0 Å². The fraction of sp³-hybridized carbons (Fsp3) is 0.300. The van der Waals surface area contributed by atoms with E-state index in [2.05, 4.69) is 26.1 Å². The summed E-state index contributed by atoms with van der Waals surface area (Å²) in [5, 5.41) is 4.09. The average Bonchev–Trinajstić information content (AvgIpc) is 3.15. The van der Waals surface area contributed by atoms with Gasteiger partial charge in [-0.25, -0.2) is 0 Å². The molecular formula is C20H21BrN2O4. The number of hydrogen-bond donors (Lipinski definition) is 0. The molecule has 2 aromatic carbocycles. The van der Waals surface area contributed by atoms with Crippen LogP contribution in [0.25, 0.3) is 22.8 Å². The van der Waals surface area contributed by atoms with Gasteiger partial charge >= 0.3 is 0 Å². The molecule has 0 aliphatic heterocycles. The van der Waals surface area contributed by atoms with Crippen molar-refractivity contribution >= 4 is 15.9 Å². The lowest BCUT2D eigenvalue weighted by molar-refractivity contribution is -0.106. The topological polar surface area (TPSA) is 66.6 Å². The van der Waals surface area contributed by atoms with E-state index in [0.29, 0.717) is 11.7 Å². The monoisotopic (exact) mass is 432 g/mol. The molecule has 1 heterocycles. The zero-order valence-electron chi connectivity index (χ0n) is 15.6. The van der Waals surface area contributed by atoms with Crippen LogP contribution in [0.3, 0.4) is 0 Å². The summed E-state index contributed by atoms with van der Waals surface area (Å²) < 4.78 is 22.5. The quantitative estimate of drug-likeness (QED) is 0.475. The van der Waals surface area contributed by atoms with Gasteiger partial charge in [0.2, 0.25) is 5.82 Å². The maximum Gasteiger partial charge on any atom is 0.258 e. The molecule has 0 saturated heterocycles. The summed E-state index contributed by atoms with van der Waals surface area (Å²) in [6, 6.07) is 13.3. The largest absolute Gasteiger partial charge is 0.490 e. The Bertz CT molecular complexity index is 889. The van der Waals surface area contributed by atoms with Gasteiger partial charge in [0.05, 0.1) is 10.6 Å². The number of methoxy groups -OCH3 is 2. The maximum absolute atomic E-state index is 5.73. The van der Waals surface area contributed by atoms with E-state index in [1.54, 1.807) is 14.2 Å². The molecule has 0 fully saturated rings. The fourth-order valence-electron chi connectivity index (χ4n) is 2.60. The number of rotatable bonds is 7. The van der Waals surface area contributed by atoms with E-state index < -0.39 is 6.29 Å². The third-order valence-corrected chi connectivity index (χ3v) is 4.46. The van der Waals surface area contributed by atoms with Gasteiger partial charge in [-0.2, -0.15) is 4.98 Å². The van der Waals surface area contributed by atoms with Crippen LogP contribution in [0.5, 0.6) is 5.75 Å². The zero-order chi connectivity index (χ0) is 19.4. The molecular weight excluding hydrogens is 412 g/mol. The second kappa shape index (κ2) is 8.65. The molecule has 0 saturated carbocycles. The molecule has 0 aliphatic carbocycles. The molecule has 0 amide bonds. The summed E-state index contributed by atoms with van der Waals surface area (Å²) in [5.74, 6) is 1.73. The number of halogens is 1. The first-order valence-corrected chi connectivity index (χ1v) is 9.27. The van der Waals surface area contributed by atoms with Crippen LogP contribution >= 0.6 is 15.9 Å². The summed E-state index contributed by atoms with van der Waals surface area (Å²) in [5.41, 5.74) is 2.57. The maximum atomic E-state index is 5.73. The van der Waals surface area contributed by atoms with Crippen LogP contribution < -0.4 is 4.74 Å². The average molecular weight is 433 g/mol. The Morgan fingerprint density at radius 3 is 2.22 bits per heavy atom. The zero-order valence-corrected chi connectivity index (χ0v) is 17.2. The van der Waals surface area contributed by atoms with Crippen LogP contribution in [0, 0.1) is 0 Å². The van der Waals surface area contributed by atoms with Gasteiger partial charge in [0.1, 0.15) is 5.75 Å². The Morgan fingerprint density at radius 2 is 1.63 bits per heavy atom. The van der Waals surface area contributed by atoms with E-state index in [4.69, 9.17) is 18.7 Å². The molecule has 0 radical (unpaired) electrons. The molecule has 6 nitrogen and oxygen atoms in total. The molecule has 7 heteroatoms. The minimum atomic E-state index is -0.402. The van der Waals surface area contributed by atoms with Crippen LogP contribution in [0.1, 0.15) is 25.7 Å². The summed E-state index contributed by atoms with van der Waals surface area (Å²) in [6.45, 7) is 3.97. The van der Waals surface area contributed by atoms with E-state index in [-0.39, 0.29) is 6.10 Å². The highest BCUT2D eigenvalue weighted by Crippen LogP contribution is 2.31. The highest BCUT2D eigenvalue weighted by atomic mass is 79.9. The highest BCUT2D eigenvalue weighted by molar-refractivity contribution is 9.10. The normalized spacial score (nSPS) is 11.4. The summed E-state index contributed by atoms with van der Waals surface area (Å²) in [7, 11) is 3.20. The predicted octanol–water partition coefficient (Wildman–Crippen LogP) is 5.24. The second-order valence-corrected chi connectivity index (χ2v) is 7.01. The van der Waals surface area contributed by atoms with Crippen molar-refractivity contribution < 1.29 is 18.7 Å². The molecule has 0 unspecified atom stereocenters. The van der Waals surface area contributed by atoms with Crippen LogP contribution in [-0.2, 0) is 9.47 Å². The van der Waals surface area contributed by atoms with E-state index in [0.717, 1.165) is 26.9 Å². The number of ether oxygens (including phenoxy) is 3. The minimum Gasteiger partial charge on any atom is -0.490 e. The minimum absolute atomic E-state index is 0.0997. The SMILES string of the molecule is COC(OC)c1ccc(-c2nc(-c3ccc(OC(C)C)c(Br)c3)no2)cc1. The van der Waals surface area contributed by atoms with Gasteiger partial charge in [-0.3, -0.25) is 0 Å². The van der Waals surface area contributed by atoms with Crippen LogP contribution in [0.15, 0.2) is 51.5 Å². The standard InChI is InChI=1S/C20H21BrN2O4/c1-12(2)26-17-10-9-15(11-16(17)21)18-22-19(27-23-18)13-5-7-14(8-6-13)20(24-3)25-4/h5-12,20H,1-4H3. The summed E-state index contributed by atoms with van der Waals surface area (Å²) in [6.07, 6.45) is -0.302. The van der Waals surface area contributed by atoms with Crippen molar-refractivity contribution in [2.75, 3.05) is 14.2 Å². The molecule has 0 N–H and O–H groups in total. The van der Waals surface area contributed by atoms with Crippen LogP contribution in [0.4, 0.5) is 0 Å². The van der Waals surface area contributed by atoms with Crippen LogP contribution in [-0.4, -0.2) is 30.5 Å². The predicted molar refractivity (Wildman–Crippen MR) is 105 cm³/mol. The molecule has 0 bridgehead atoms. The van der Waals surface area contributed by atoms with Crippen molar-refractivity contribution in [3.05, 3.63) is 52.5 Å². The van der Waals surface area contributed by atoms with Gasteiger partial charge in [-0.15, -0.1) is 0 Å². The van der Waals surface area contributed by atoms with Gasteiger partial charge in [0.15, 0.2) is 6.29 Å². The molecule has 1 aromatic heterocycles. The van der Waals surface area contributed by atoms with E-state index in [1.165, 1.54) is 0 Å². The van der Waals surface area contributed by atoms with E-state index >= 15 is 0 Å². The first-order valence-electron chi connectivity index (χ1n) is 8.48. The fourth-order valence-corrected chi connectivity index (χ4v) is 3.07. The Balaban J connectivity index is 1.81. The van der Waals surface area contributed by atoms with Gasteiger partial charge in [0.25, 0.3) is 5.89 Å². The lowest BCUT2D eigenvalue weighted by atomic mass is 10.1. The Kier molecular flexibility index (Phi) is 6.26.